The highest BCUT2D eigenvalue weighted by Crippen LogP contribution is 2.34. The minimum Gasteiger partial charge on any atom is -0.352 e. The Bertz CT molecular complexity index is 1320. The van der Waals surface area contributed by atoms with E-state index in [1.54, 1.807) is 24.8 Å². The van der Waals surface area contributed by atoms with Gasteiger partial charge in [0.05, 0.1) is 16.9 Å². The molecular weight excluding hydrogens is 448 g/mol. The van der Waals surface area contributed by atoms with Gasteiger partial charge in [-0.15, -0.1) is 0 Å². The Hall–Kier alpha value is -3.84. The molecule has 34 heavy (non-hydrogen) atoms. The van der Waals surface area contributed by atoms with Gasteiger partial charge in [0.1, 0.15) is 17.2 Å². The molecule has 0 atom stereocenters. The van der Waals surface area contributed by atoms with Crippen LogP contribution in [0.25, 0.3) is 22.5 Å². The van der Waals surface area contributed by atoms with Crippen molar-refractivity contribution < 1.29 is 4.79 Å². The van der Waals surface area contributed by atoms with Gasteiger partial charge in [0, 0.05) is 55.9 Å². The lowest BCUT2D eigenvalue weighted by atomic mass is 10.0. The van der Waals surface area contributed by atoms with E-state index in [-0.39, 0.29) is 5.91 Å². The van der Waals surface area contributed by atoms with Crippen LogP contribution >= 0.6 is 11.6 Å². The Morgan fingerprint density at radius 3 is 2.41 bits per heavy atom. The maximum absolute atomic E-state index is 12.9. The van der Waals surface area contributed by atoms with Crippen LogP contribution in [0.3, 0.4) is 0 Å². The largest absolute Gasteiger partial charge is 0.352 e. The summed E-state index contributed by atoms with van der Waals surface area (Å²) in [6.45, 7) is 4.39. The molecule has 3 aromatic heterocycles. The molecule has 1 saturated heterocycles. The molecule has 170 valence electrons. The first-order chi connectivity index (χ1) is 16.6. The van der Waals surface area contributed by atoms with Crippen LogP contribution in [0, 0.1) is 6.92 Å². The summed E-state index contributed by atoms with van der Waals surface area (Å²) in [5.74, 6) is 0.719. The summed E-state index contributed by atoms with van der Waals surface area (Å²) in [6, 6.07) is 15.5. The molecule has 0 N–H and O–H groups in total. The van der Waals surface area contributed by atoms with E-state index in [1.165, 1.54) is 0 Å². The molecule has 7 nitrogen and oxygen atoms in total. The van der Waals surface area contributed by atoms with Crippen molar-refractivity contribution in [2.24, 2.45) is 0 Å². The topological polar surface area (TPSA) is 75.1 Å². The van der Waals surface area contributed by atoms with Gasteiger partial charge in [-0.2, -0.15) is 0 Å². The highest BCUT2D eigenvalue weighted by Gasteiger charge is 2.25. The van der Waals surface area contributed by atoms with E-state index in [4.69, 9.17) is 21.6 Å². The molecule has 0 saturated carbocycles. The highest BCUT2D eigenvalue weighted by atomic mass is 35.5. The van der Waals surface area contributed by atoms with Gasteiger partial charge in [-0.25, -0.2) is 4.98 Å². The molecule has 0 bridgehead atoms. The normalized spacial score (nSPS) is 13.7. The van der Waals surface area contributed by atoms with Crippen molar-refractivity contribution in [3.63, 3.8) is 0 Å². The van der Waals surface area contributed by atoms with E-state index in [9.17, 15) is 4.79 Å². The number of piperazine rings is 1. The lowest BCUT2D eigenvalue weighted by molar-refractivity contribution is 0.0740. The number of hydrogen-bond donors (Lipinski definition) is 0. The molecule has 4 aromatic rings. The number of carbonyl (C=O) groups is 1. The molecule has 0 radical (unpaired) electrons. The predicted octanol–water partition coefficient (Wildman–Crippen LogP) is 4.52. The first kappa shape index (κ1) is 22.0. The average Bonchev–Trinajstić information content (AvgIpc) is 2.89. The van der Waals surface area contributed by atoms with Crippen molar-refractivity contribution in [1.29, 1.82) is 0 Å². The maximum atomic E-state index is 12.9. The van der Waals surface area contributed by atoms with Crippen LogP contribution < -0.4 is 4.90 Å². The van der Waals surface area contributed by atoms with Crippen LogP contribution in [-0.4, -0.2) is 56.9 Å². The monoisotopic (exact) mass is 470 g/mol. The predicted molar refractivity (Wildman–Crippen MR) is 133 cm³/mol. The summed E-state index contributed by atoms with van der Waals surface area (Å²) in [6.07, 6.45) is 6.77. The average molecular weight is 471 g/mol. The summed E-state index contributed by atoms with van der Waals surface area (Å²) in [4.78, 5) is 35.1. The third-order valence-electron chi connectivity index (χ3n) is 5.94. The van der Waals surface area contributed by atoms with Gasteiger partial charge in [-0.1, -0.05) is 48.0 Å². The minimum atomic E-state index is -0.0347. The first-order valence-corrected chi connectivity index (χ1v) is 11.5. The fourth-order valence-corrected chi connectivity index (χ4v) is 4.30. The second-order valence-electron chi connectivity index (χ2n) is 8.10. The van der Waals surface area contributed by atoms with Gasteiger partial charge < -0.3 is 9.80 Å². The van der Waals surface area contributed by atoms with Crippen molar-refractivity contribution in [3.05, 3.63) is 89.6 Å². The molecule has 1 fully saturated rings. The highest BCUT2D eigenvalue weighted by molar-refractivity contribution is 6.33. The number of aromatic nitrogens is 4. The second kappa shape index (κ2) is 9.57. The molecule has 1 aliphatic heterocycles. The lowest BCUT2D eigenvalue weighted by Crippen LogP contribution is -2.49. The van der Waals surface area contributed by atoms with Gasteiger partial charge in [-0.3, -0.25) is 19.7 Å². The SMILES string of the molecule is Cc1cccnc1C(=O)N1CCN(c2cnc(-c3ccccc3)c(-c3ccncc3Cl)n2)CC1. The molecule has 4 heterocycles. The Labute approximate surface area is 203 Å². The zero-order valence-electron chi connectivity index (χ0n) is 18.7. The lowest BCUT2D eigenvalue weighted by Gasteiger charge is -2.35. The molecule has 1 aromatic carbocycles. The zero-order chi connectivity index (χ0) is 23.5. The van der Waals surface area contributed by atoms with Crippen LogP contribution in [0.4, 0.5) is 5.82 Å². The van der Waals surface area contributed by atoms with E-state index >= 15 is 0 Å². The molecule has 5 rings (SSSR count). The Morgan fingerprint density at radius 1 is 0.882 bits per heavy atom. The molecule has 1 amide bonds. The van der Waals surface area contributed by atoms with Crippen LogP contribution in [0.15, 0.2) is 73.3 Å². The van der Waals surface area contributed by atoms with Gasteiger partial charge in [0.25, 0.3) is 5.91 Å². The third-order valence-corrected chi connectivity index (χ3v) is 6.24. The van der Waals surface area contributed by atoms with E-state index in [0.29, 0.717) is 42.6 Å². The van der Waals surface area contributed by atoms with Gasteiger partial charge >= 0.3 is 0 Å². The maximum Gasteiger partial charge on any atom is 0.272 e. The fraction of sp³-hybridized carbons (Fsp3) is 0.192. The molecule has 0 spiro atoms. The summed E-state index contributed by atoms with van der Waals surface area (Å²) in [7, 11) is 0. The third kappa shape index (κ3) is 4.34. The summed E-state index contributed by atoms with van der Waals surface area (Å²) >= 11 is 6.49. The van der Waals surface area contributed by atoms with E-state index < -0.39 is 0 Å². The number of anilines is 1. The Kier molecular flexibility index (Phi) is 6.18. The quantitative estimate of drug-likeness (QED) is 0.436. The van der Waals surface area contributed by atoms with Crippen LogP contribution in [0.1, 0.15) is 16.1 Å². The molecule has 0 unspecified atom stereocenters. The number of hydrogen-bond acceptors (Lipinski definition) is 6. The Morgan fingerprint density at radius 2 is 1.68 bits per heavy atom. The van der Waals surface area contributed by atoms with Gasteiger partial charge in [-0.05, 0) is 24.6 Å². The smallest absolute Gasteiger partial charge is 0.272 e. The van der Waals surface area contributed by atoms with Crippen molar-refractivity contribution in [1.82, 2.24) is 24.8 Å². The van der Waals surface area contributed by atoms with Crippen LogP contribution in [-0.2, 0) is 0 Å². The zero-order valence-corrected chi connectivity index (χ0v) is 19.5. The number of nitrogens with zero attached hydrogens (tertiary/aromatic N) is 6. The number of carbonyl (C=O) groups excluding carboxylic acids is 1. The number of rotatable bonds is 4. The van der Waals surface area contributed by atoms with E-state index in [2.05, 4.69) is 14.9 Å². The molecular formula is C26H23ClN6O. The number of aryl methyl sites for hydroxylation is 1. The molecule has 1 aliphatic rings. The summed E-state index contributed by atoms with van der Waals surface area (Å²) in [5.41, 5.74) is 4.61. The van der Waals surface area contributed by atoms with Crippen molar-refractivity contribution in [3.8, 4) is 22.5 Å². The molecule has 0 aliphatic carbocycles. The van der Waals surface area contributed by atoms with E-state index in [0.717, 1.165) is 28.2 Å². The second-order valence-corrected chi connectivity index (χ2v) is 8.50. The minimum absolute atomic E-state index is 0.0347. The number of benzene rings is 1. The van der Waals surface area contributed by atoms with Crippen LogP contribution in [0.2, 0.25) is 5.02 Å². The van der Waals surface area contributed by atoms with Crippen molar-refractivity contribution in [2.45, 2.75) is 6.92 Å². The van der Waals surface area contributed by atoms with Crippen molar-refractivity contribution in [2.75, 3.05) is 31.1 Å². The summed E-state index contributed by atoms with van der Waals surface area (Å²) in [5, 5.41) is 0.521. The van der Waals surface area contributed by atoms with Crippen LogP contribution in [0.5, 0.6) is 0 Å². The fourth-order valence-electron chi connectivity index (χ4n) is 4.09. The van der Waals surface area contributed by atoms with Gasteiger partial charge in [0.2, 0.25) is 0 Å². The number of halogens is 1. The standard InChI is InChI=1S/C26H23ClN6O/c1-18-6-5-10-29-23(18)26(34)33-14-12-32(13-15-33)22-17-30-24(19-7-3-2-4-8-19)25(31-22)20-9-11-28-16-21(20)27/h2-11,16-17H,12-15H2,1H3. The number of pyridine rings is 2. The summed E-state index contributed by atoms with van der Waals surface area (Å²) < 4.78 is 0. The van der Waals surface area contributed by atoms with Gasteiger partial charge in [0.15, 0.2) is 0 Å². The Balaban J connectivity index is 1.42. The van der Waals surface area contributed by atoms with E-state index in [1.807, 2.05) is 60.4 Å². The number of amides is 1. The van der Waals surface area contributed by atoms with Crippen molar-refractivity contribution >= 4 is 23.3 Å². The molecule has 8 heteroatoms. The first-order valence-electron chi connectivity index (χ1n) is 11.1.